The van der Waals surface area contributed by atoms with Crippen molar-refractivity contribution in [2.75, 3.05) is 31.1 Å². The molecule has 3 heterocycles. The van der Waals surface area contributed by atoms with Crippen LogP contribution in [0.25, 0.3) is 11.1 Å². The molecule has 6 nitrogen and oxygen atoms in total. The molecule has 0 bridgehead atoms. The van der Waals surface area contributed by atoms with Gasteiger partial charge in [0.25, 0.3) is 4.84 Å². The minimum Gasteiger partial charge on any atom is -0.429 e. The van der Waals surface area contributed by atoms with E-state index in [9.17, 15) is 0 Å². The Kier molecular flexibility index (Phi) is 3.80. The Balaban J connectivity index is 1.47. The summed E-state index contributed by atoms with van der Waals surface area (Å²) in [5.41, 5.74) is 1.89. The lowest BCUT2D eigenvalue weighted by atomic mass is 10.3. The van der Waals surface area contributed by atoms with Crippen LogP contribution in [0.1, 0.15) is 0 Å². The number of oxazole rings is 1. The van der Waals surface area contributed by atoms with Gasteiger partial charge < -0.3 is 9.32 Å². The molecule has 0 spiro atoms. The largest absolute Gasteiger partial charge is 0.429 e. The molecule has 4 rings (SSSR count). The number of hydrogen-bond donors (Lipinski definition) is 0. The molecule has 1 fully saturated rings. The first-order valence-electron chi connectivity index (χ1n) is 7.63. The monoisotopic (exact) mass is 327 g/mol. The number of piperazine rings is 1. The molecule has 0 unspecified atom stereocenters. The standard InChI is InChI=1S/C16H17N5OS/c23-16-21(13-3-1-2-4-14(13)22-16)12-19-7-9-20(10-8-19)15-11-17-5-6-18-15/h1-6,11H,7-10,12H2. The van der Waals surface area contributed by atoms with Crippen molar-refractivity contribution < 1.29 is 4.42 Å². The third-order valence-electron chi connectivity index (χ3n) is 4.16. The van der Waals surface area contributed by atoms with E-state index in [1.807, 2.05) is 30.5 Å². The van der Waals surface area contributed by atoms with Crippen LogP contribution in [0.3, 0.4) is 0 Å². The van der Waals surface area contributed by atoms with Gasteiger partial charge in [0.05, 0.1) is 18.4 Å². The Bertz CT molecular complexity index is 852. The molecule has 118 valence electrons. The van der Waals surface area contributed by atoms with Crippen LogP contribution in [-0.2, 0) is 6.67 Å². The molecule has 0 saturated carbocycles. The molecule has 2 aromatic heterocycles. The average molecular weight is 327 g/mol. The van der Waals surface area contributed by atoms with Crippen molar-refractivity contribution in [2.24, 2.45) is 0 Å². The van der Waals surface area contributed by atoms with E-state index in [0.29, 0.717) is 4.84 Å². The second kappa shape index (κ2) is 6.10. The van der Waals surface area contributed by atoms with E-state index in [0.717, 1.165) is 49.8 Å². The fourth-order valence-corrected chi connectivity index (χ4v) is 3.17. The summed E-state index contributed by atoms with van der Waals surface area (Å²) in [4.78, 5) is 13.7. The topological polar surface area (TPSA) is 50.3 Å². The van der Waals surface area contributed by atoms with Gasteiger partial charge in [0.2, 0.25) is 0 Å². The molecular weight excluding hydrogens is 310 g/mol. The second-order valence-corrected chi connectivity index (χ2v) is 5.92. The molecule has 23 heavy (non-hydrogen) atoms. The van der Waals surface area contributed by atoms with Gasteiger partial charge in [0, 0.05) is 38.6 Å². The molecule has 1 aromatic carbocycles. The van der Waals surface area contributed by atoms with Gasteiger partial charge in [-0.1, -0.05) is 12.1 Å². The second-order valence-electron chi connectivity index (χ2n) is 5.57. The molecule has 3 aromatic rings. The number of aromatic nitrogens is 3. The maximum absolute atomic E-state index is 5.65. The summed E-state index contributed by atoms with van der Waals surface area (Å²) in [6.45, 7) is 4.53. The van der Waals surface area contributed by atoms with Crippen LogP contribution in [0.5, 0.6) is 0 Å². The van der Waals surface area contributed by atoms with Crippen molar-refractivity contribution in [3.05, 3.63) is 47.7 Å². The van der Waals surface area contributed by atoms with Crippen molar-refractivity contribution in [3.63, 3.8) is 0 Å². The molecule has 7 heteroatoms. The van der Waals surface area contributed by atoms with Gasteiger partial charge in [-0.25, -0.2) is 4.98 Å². The van der Waals surface area contributed by atoms with Crippen LogP contribution in [0.15, 0.2) is 47.3 Å². The lowest BCUT2D eigenvalue weighted by Crippen LogP contribution is -2.47. The lowest BCUT2D eigenvalue weighted by Gasteiger charge is -2.35. The van der Waals surface area contributed by atoms with Gasteiger partial charge >= 0.3 is 0 Å². The van der Waals surface area contributed by atoms with Gasteiger partial charge in [-0.2, -0.15) is 0 Å². The first-order chi connectivity index (χ1) is 11.3. The van der Waals surface area contributed by atoms with Crippen molar-refractivity contribution in [1.29, 1.82) is 0 Å². The van der Waals surface area contributed by atoms with E-state index in [1.165, 1.54) is 0 Å². The first kappa shape index (κ1) is 14.3. The Morgan fingerprint density at radius 3 is 2.70 bits per heavy atom. The summed E-state index contributed by atoms with van der Waals surface area (Å²) < 4.78 is 7.71. The third-order valence-corrected chi connectivity index (χ3v) is 4.46. The molecule has 1 saturated heterocycles. The zero-order valence-corrected chi connectivity index (χ0v) is 13.4. The van der Waals surface area contributed by atoms with E-state index in [1.54, 1.807) is 12.4 Å². The van der Waals surface area contributed by atoms with Crippen LogP contribution in [0.4, 0.5) is 5.82 Å². The average Bonchev–Trinajstić information content (AvgIpc) is 2.92. The number of nitrogens with zero attached hydrogens (tertiary/aromatic N) is 5. The summed E-state index contributed by atoms with van der Waals surface area (Å²) >= 11 is 5.36. The minimum atomic E-state index is 0.530. The molecule has 0 amide bonds. The van der Waals surface area contributed by atoms with E-state index < -0.39 is 0 Å². The molecule has 1 aliphatic heterocycles. The molecule has 0 radical (unpaired) electrons. The molecule has 0 aliphatic carbocycles. The SMILES string of the molecule is S=c1oc2ccccc2n1CN1CCN(c2cnccn2)CC1. The molecule has 0 atom stereocenters. The number of para-hydroxylation sites is 2. The van der Waals surface area contributed by atoms with Gasteiger partial charge in [-0.3, -0.25) is 14.5 Å². The predicted octanol–water partition coefficient (Wildman–Crippen LogP) is 2.53. The van der Waals surface area contributed by atoms with Crippen LogP contribution in [0, 0.1) is 4.84 Å². The molecule has 0 N–H and O–H groups in total. The highest BCUT2D eigenvalue weighted by Crippen LogP contribution is 2.18. The molecular formula is C16H17N5OS. The van der Waals surface area contributed by atoms with Crippen molar-refractivity contribution in [2.45, 2.75) is 6.67 Å². The Labute approximate surface area is 139 Å². The van der Waals surface area contributed by atoms with Crippen molar-refractivity contribution in [1.82, 2.24) is 19.4 Å². The summed E-state index contributed by atoms with van der Waals surface area (Å²) in [6.07, 6.45) is 5.25. The maximum Gasteiger partial charge on any atom is 0.270 e. The lowest BCUT2D eigenvalue weighted by molar-refractivity contribution is 0.204. The van der Waals surface area contributed by atoms with Crippen molar-refractivity contribution in [3.8, 4) is 0 Å². The summed E-state index contributed by atoms with van der Waals surface area (Å²) in [5.74, 6) is 0.942. The zero-order chi connectivity index (χ0) is 15.6. The van der Waals surface area contributed by atoms with E-state index >= 15 is 0 Å². The highest BCUT2D eigenvalue weighted by atomic mass is 32.1. The van der Waals surface area contributed by atoms with Crippen LogP contribution in [0.2, 0.25) is 0 Å². The first-order valence-corrected chi connectivity index (χ1v) is 8.04. The van der Waals surface area contributed by atoms with E-state index in [-0.39, 0.29) is 0 Å². The summed E-state index contributed by atoms with van der Waals surface area (Å²) in [7, 11) is 0. The van der Waals surface area contributed by atoms with Gasteiger partial charge in [-0.15, -0.1) is 0 Å². The Morgan fingerprint density at radius 1 is 1.09 bits per heavy atom. The number of rotatable bonds is 3. The quantitative estimate of drug-likeness (QED) is 0.689. The number of anilines is 1. The van der Waals surface area contributed by atoms with Gasteiger partial charge in [0.1, 0.15) is 5.82 Å². The number of hydrogen-bond acceptors (Lipinski definition) is 6. The maximum atomic E-state index is 5.65. The smallest absolute Gasteiger partial charge is 0.270 e. The van der Waals surface area contributed by atoms with Crippen LogP contribution < -0.4 is 4.90 Å². The highest BCUT2D eigenvalue weighted by molar-refractivity contribution is 7.71. The van der Waals surface area contributed by atoms with Crippen LogP contribution >= 0.6 is 12.2 Å². The normalized spacial score (nSPS) is 16.1. The minimum absolute atomic E-state index is 0.530. The Morgan fingerprint density at radius 2 is 1.91 bits per heavy atom. The zero-order valence-electron chi connectivity index (χ0n) is 12.6. The predicted molar refractivity (Wildman–Crippen MR) is 90.9 cm³/mol. The van der Waals surface area contributed by atoms with E-state index in [4.69, 9.17) is 16.6 Å². The van der Waals surface area contributed by atoms with E-state index in [2.05, 4.69) is 24.3 Å². The van der Waals surface area contributed by atoms with Gasteiger partial charge in [-0.05, 0) is 24.4 Å². The number of benzene rings is 1. The molecule has 1 aliphatic rings. The fraction of sp³-hybridized carbons (Fsp3) is 0.312. The van der Waals surface area contributed by atoms with Gasteiger partial charge in [0.15, 0.2) is 5.58 Å². The fourth-order valence-electron chi connectivity index (χ4n) is 2.92. The van der Waals surface area contributed by atoms with Crippen LogP contribution in [-0.4, -0.2) is 45.6 Å². The third kappa shape index (κ3) is 2.85. The summed E-state index contributed by atoms with van der Waals surface area (Å²) in [6, 6.07) is 7.97. The highest BCUT2D eigenvalue weighted by Gasteiger charge is 2.19. The van der Waals surface area contributed by atoms with Crippen molar-refractivity contribution >= 4 is 29.1 Å². The number of fused-ring (bicyclic) bond motifs is 1. The summed E-state index contributed by atoms with van der Waals surface area (Å²) in [5, 5.41) is 0. The Hall–Kier alpha value is -2.25.